The highest BCUT2D eigenvalue weighted by atomic mass is 35.5. The van der Waals surface area contributed by atoms with Crippen LogP contribution in [-0.2, 0) is 17.8 Å². The lowest BCUT2D eigenvalue weighted by Gasteiger charge is -2.15. The Morgan fingerprint density at radius 3 is 2.76 bits per heavy atom. The molecule has 2 heterocycles. The Bertz CT molecular complexity index is 1210. The number of oxazole rings is 1. The van der Waals surface area contributed by atoms with Gasteiger partial charge in [0, 0.05) is 24.6 Å². The molecule has 0 saturated heterocycles. The second-order valence-electron chi connectivity index (χ2n) is 7.57. The van der Waals surface area contributed by atoms with Crippen molar-refractivity contribution in [2.75, 3.05) is 0 Å². The summed E-state index contributed by atoms with van der Waals surface area (Å²) in [4.78, 5) is 21.0. The van der Waals surface area contributed by atoms with Gasteiger partial charge in [-0.15, -0.1) is 0 Å². The largest absolute Gasteiger partial charge is 0.487 e. The Kier molecular flexibility index (Phi) is 7.37. The molecule has 1 amide bonds. The number of nitrogens with one attached hydrogen (secondary N) is 1. The van der Waals surface area contributed by atoms with Crippen LogP contribution >= 0.6 is 11.6 Å². The molecule has 2 aromatic heterocycles. The van der Waals surface area contributed by atoms with Gasteiger partial charge < -0.3 is 14.5 Å². The molecule has 0 bridgehead atoms. The zero-order valence-corrected chi connectivity index (χ0v) is 19.0. The van der Waals surface area contributed by atoms with E-state index in [0.29, 0.717) is 29.7 Å². The molecule has 2 aromatic carbocycles. The summed E-state index contributed by atoms with van der Waals surface area (Å²) in [6.45, 7) is 2.33. The van der Waals surface area contributed by atoms with Gasteiger partial charge in [-0.1, -0.05) is 41.9 Å². The van der Waals surface area contributed by atoms with Crippen molar-refractivity contribution in [1.82, 2.24) is 15.3 Å². The Hall–Kier alpha value is -3.64. The maximum Gasteiger partial charge on any atom is 0.220 e. The van der Waals surface area contributed by atoms with Crippen molar-refractivity contribution in [1.29, 1.82) is 0 Å². The Balaban J connectivity index is 1.29. The van der Waals surface area contributed by atoms with Crippen LogP contribution in [-0.4, -0.2) is 15.9 Å². The molecule has 0 radical (unpaired) electrons. The number of hydrogen-bond donors (Lipinski definition) is 1. The lowest BCUT2D eigenvalue weighted by atomic mass is 10.1. The average Bonchev–Trinajstić information content (AvgIpc) is 3.31. The number of aryl methyl sites for hydroxylation is 1. The van der Waals surface area contributed by atoms with Crippen molar-refractivity contribution in [3.63, 3.8) is 0 Å². The maximum absolute atomic E-state index is 12.5. The summed E-state index contributed by atoms with van der Waals surface area (Å²) >= 11 is 6.21. The van der Waals surface area contributed by atoms with Crippen molar-refractivity contribution >= 4 is 17.5 Å². The van der Waals surface area contributed by atoms with Crippen LogP contribution in [0.15, 0.2) is 83.5 Å². The summed E-state index contributed by atoms with van der Waals surface area (Å²) in [6.07, 6.45) is 4.04. The lowest BCUT2D eigenvalue weighted by Crippen LogP contribution is -2.26. The highest BCUT2D eigenvalue weighted by Crippen LogP contribution is 2.28. The Morgan fingerprint density at radius 1 is 1.09 bits per heavy atom. The van der Waals surface area contributed by atoms with Crippen LogP contribution in [0, 0.1) is 0 Å². The van der Waals surface area contributed by atoms with E-state index in [0.717, 1.165) is 22.6 Å². The minimum absolute atomic E-state index is 0.0835. The number of ether oxygens (including phenoxy) is 1. The van der Waals surface area contributed by atoms with Crippen LogP contribution < -0.4 is 10.1 Å². The molecule has 0 spiro atoms. The van der Waals surface area contributed by atoms with Crippen molar-refractivity contribution in [3.05, 3.63) is 101 Å². The van der Waals surface area contributed by atoms with Gasteiger partial charge in [0.05, 0.1) is 23.0 Å². The molecule has 7 heteroatoms. The molecule has 1 unspecified atom stereocenters. The van der Waals surface area contributed by atoms with E-state index in [1.807, 2.05) is 67.6 Å². The van der Waals surface area contributed by atoms with E-state index < -0.39 is 0 Å². The second kappa shape index (κ2) is 10.8. The van der Waals surface area contributed by atoms with Crippen LogP contribution in [0.25, 0.3) is 11.3 Å². The van der Waals surface area contributed by atoms with Gasteiger partial charge in [0.25, 0.3) is 0 Å². The molecule has 168 valence electrons. The van der Waals surface area contributed by atoms with Crippen molar-refractivity contribution in [2.24, 2.45) is 0 Å². The quantitative estimate of drug-likeness (QED) is 0.342. The summed E-state index contributed by atoms with van der Waals surface area (Å²) < 4.78 is 11.6. The second-order valence-corrected chi connectivity index (χ2v) is 7.98. The van der Waals surface area contributed by atoms with E-state index in [1.54, 1.807) is 18.5 Å². The molecule has 1 N–H and O–H groups in total. The van der Waals surface area contributed by atoms with Gasteiger partial charge in [0.15, 0.2) is 11.7 Å². The van der Waals surface area contributed by atoms with Crippen LogP contribution in [0.5, 0.6) is 5.75 Å². The molecule has 0 saturated carbocycles. The Labute approximate surface area is 197 Å². The van der Waals surface area contributed by atoms with Crippen molar-refractivity contribution in [2.45, 2.75) is 32.4 Å². The highest BCUT2D eigenvalue weighted by molar-refractivity contribution is 6.33. The molecule has 1 atom stereocenters. The number of pyridine rings is 1. The number of halogens is 1. The molecule has 0 fully saturated rings. The SMILES string of the molecule is CC(NC(=O)CCc1ncc(-c2ccccc2Cl)o1)c1cccc(OCc2ccccn2)c1. The van der Waals surface area contributed by atoms with Crippen LogP contribution in [0.4, 0.5) is 0 Å². The highest BCUT2D eigenvalue weighted by Gasteiger charge is 2.14. The zero-order chi connectivity index (χ0) is 23.0. The number of carbonyl (C=O) groups excluding carboxylic acids is 1. The topological polar surface area (TPSA) is 77.2 Å². The number of carbonyl (C=O) groups is 1. The molecule has 0 aliphatic rings. The van der Waals surface area contributed by atoms with E-state index >= 15 is 0 Å². The fourth-order valence-electron chi connectivity index (χ4n) is 3.34. The van der Waals surface area contributed by atoms with Gasteiger partial charge in [-0.3, -0.25) is 9.78 Å². The number of aromatic nitrogens is 2. The van der Waals surface area contributed by atoms with Crippen LogP contribution in [0.2, 0.25) is 5.02 Å². The van der Waals surface area contributed by atoms with Gasteiger partial charge in [0.2, 0.25) is 5.91 Å². The summed E-state index contributed by atoms with van der Waals surface area (Å²) in [6, 6.07) is 20.6. The first-order valence-corrected chi connectivity index (χ1v) is 11.1. The molecular formula is C26H24ClN3O3. The zero-order valence-electron chi connectivity index (χ0n) is 18.2. The summed E-state index contributed by atoms with van der Waals surface area (Å²) in [7, 11) is 0. The summed E-state index contributed by atoms with van der Waals surface area (Å²) in [5, 5.41) is 3.61. The fraction of sp³-hybridized carbons (Fsp3) is 0.192. The van der Waals surface area contributed by atoms with Crippen LogP contribution in [0.1, 0.15) is 36.5 Å². The van der Waals surface area contributed by atoms with Gasteiger partial charge >= 0.3 is 0 Å². The number of amides is 1. The smallest absolute Gasteiger partial charge is 0.220 e. The number of hydrogen-bond acceptors (Lipinski definition) is 5. The predicted octanol–water partition coefficient (Wildman–Crippen LogP) is 5.78. The van der Waals surface area contributed by atoms with E-state index in [2.05, 4.69) is 15.3 Å². The van der Waals surface area contributed by atoms with E-state index in [4.69, 9.17) is 20.8 Å². The monoisotopic (exact) mass is 461 g/mol. The minimum Gasteiger partial charge on any atom is -0.487 e. The van der Waals surface area contributed by atoms with Crippen molar-refractivity contribution < 1.29 is 13.9 Å². The number of nitrogens with zero attached hydrogens (tertiary/aromatic N) is 2. The molecular weight excluding hydrogens is 438 g/mol. The lowest BCUT2D eigenvalue weighted by molar-refractivity contribution is -0.121. The minimum atomic E-state index is -0.167. The molecule has 4 aromatic rings. The summed E-state index contributed by atoms with van der Waals surface area (Å²) in [5.41, 5.74) is 2.59. The van der Waals surface area contributed by atoms with E-state index in [9.17, 15) is 4.79 Å². The summed E-state index contributed by atoms with van der Waals surface area (Å²) in [5.74, 6) is 1.73. The average molecular weight is 462 g/mol. The number of rotatable bonds is 9. The molecule has 4 rings (SSSR count). The van der Waals surface area contributed by atoms with E-state index in [-0.39, 0.29) is 18.4 Å². The molecule has 0 aliphatic carbocycles. The molecule has 33 heavy (non-hydrogen) atoms. The third-order valence-corrected chi connectivity index (χ3v) is 5.44. The third kappa shape index (κ3) is 6.20. The first kappa shape index (κ1) is 22.6. The third-order valence-electron chi connectivity index (χ3n) is 5.11. The standard InChI is InChI=1S/C26H24ClN3O3/c1-18(19-7-6-9-21(15-19)32-17-20-8-4-5-14-28-20)30-25(31)12-13-26-29-16-24(33-26)22-10-2-3-11-23(22)27/h2-11,14-16,18H,12-13,17H2,1H3,(H,30,31). The molecule has 6 nitrogen and oxygen atoms in total. The van der Waals surface area contributed by atoms with Gasteiger partial charge in [0.1, 0.15) is 12.4 Å². The van der Waals surface area contributed by atoms with Crippen molar-refractivity contribution in [3.8, 4) is 17.1 Å². The molecule has 0 aliphatic heterocycles. The predicted molar refractivity (Wildman–Crippen MR) is 127 cm³/mol. The normalized spacial score (nSPS) is 11.7. The fourth-order valence-corrected chi connectivity index (χ4v) is 3.57. The van der Waals surface area contributed by atoms with Crippen LogP contribution in [0.3, 0.4) is 0 Å². The maximum atomic E-state index is 12.5. The first-order chi connectivity index (χ1) is 16.1. The van der Waals surface area contributed by atoms with Gasteiger partial charge in [-0.05, 0) is 48.9 Å². The Morgan fingerprint density at radius 2 is 1.94 bits per heavy atom. The van der Waals surface area contributed by atoms with Gasteiger partial charge in [-0.25, -0.2) is 4.98 Å². The van der Waals surface area contributed by atoms with Gasteiger partial charge in [-0.2, -0.15) is 0 Å². The van der Waals surface area contributed by atoms with E-state index in [1.165, 1.54) is 0 Å². The first-order valence-electron chi connectivity index (χ1n) is 10.7. The number of benzene rings is 2.